The molecule has 2 aliphatic carbocycles. The highest BCUT2D eigenvalue weighted by molar-refractivity contribution is 5.95. The van der Waals surface area contributed by atoms with E-state index in [1.165, 1.54) is 19.3 Å². The van der Waals surface area contributed by atoms with Gasteiger partial charge in [-0.05, 0) is 42.4 Å². The molecule has 1 saturated heterocycles. The molecule has 4 nitrogen and oxygen atoms in total. The van der Waals surface area contributed by atoms with Crippen molar-refractivity contribution in [2.75, 3.05) is 6.54 Å². The Kier molecular flexibility index (Phi) is 2.93. The van der Waals surface area contributed by atoms with E-state index < -0.39 is 0 Å². The van der Waals surface area contributed by atoms with Crippen LogP contribution in [-0.2, 0) is 9.59 Å². The van der Waals surface area contributed by atoms with Crippen LogP contribution in [0.1, 0.15) is 53.4 Å². The third-order valence-corrected chi connectivity index (χ3v) is 6.20. The number of carbonyl (C=O) groups is 2. The Morgan fingerprint density at radius 3 is 2.55 bits per heavy atom. The minimum atomic E-state index is -0.281. The summed E-state index contributed by atoms with van der Waals surface area (Å²) in [6.07, 6.45) is 4.36. The van der Waals surface area contributed by atoms with Crippen LogP contribution in [-0.4, -0.2) is 35.3 Å². The highest BCUT2D eigenvalue weighted by Gasteiger charge is 2.63. The number of nitrogens with zero attached hydrogens (tertiary/aromatic N) is 1. The van der Waals surface area contributed by atoms with Gasteiger partial charge in [-0.1, -0.05) is 27.7 Å². The van der Waals surface area contributed by atoms with Gasteiger partial charge in [-0.2, -0.15) is 0 Å². The smallest absolute Gasteiger partial charge is 0.243 e. The molecule has 1 N–H and O–H groups in total. The molecule has 0 spiro atoms. The molecule has 0 radical (unpaired) electrons. The number of hydrogen-bond donors (Lipinski definition) is 1. The van der Waals surface area contributed by atoms with Gasteiger partial charge >= 0.3 is 0 Å². The highest BCUT2D eigenvalue weighted by Crippen LogP contribution is 2.64. The minimum absolute atomic E-state index is 0.0225. The molecule has 4 unspecified atom stereocenters. The van der Waals surface area contributed by atoms with Crippen LogP contribution in [0.25, 0.3) is 0 Å². The van der Waals surface area contributed by atoms with Gasteiger partial charge in [0.05, 0.1) is 6.54 Å². The zero-order chi connectivity index (χ0) is 14.7. The molecule has 0 aromatic heterocycles. The lowest BCUT2D eigenvalue weighted by molar-refractivity contribution is -0.156. The molecule has 3 rings (SSSR count). The Bertz CT molecular complexity index is 455. The average molecular weight is 278 g/mol. The molecule has 2 bridgehead atoms. The lowest BCUT2D eigenvalue weighted by atomic mass is 9.67. The molecular weight excluding hydrogens is 252 g/mol. The van der Waals surface area contributed by atoms with Crippen LogP contribution in [0.4, 0.5) is 0 Å². The zero-order valence-corrected chi connectivity index (χ0v) is 13.0. The van der Waals surface area contributed by atoms with Crippen LogP contribution in [0.15, 0.2) is 0 Å². The molecule has 3 fully saturated rings. The number of nitrogens with one attached hydrogen (secondary N) is 1. The molecule has 2 saturated carbocycles. The summed E-state index contributed by atoms with van der Waals surface area (Å²) in [7, 11) is 0. The van der Waals surface area contributed by atoms with E-state index in [1.807, 2.05) is 11.8 Å². The summed E-state index contributed by atoms with van der Waals surface area (Å²) in [6, 6.07) is -0.0750. The van der Waals surface area contributed by atoms with Crippen molar-refractivity contribution in [3.63, 3.8) is 0 Å². The van der Waals surface area contributed by atoms with Crippen molar-refractivity contribution in [1.82, 2.24) is 10.2 Å². The van der Waals surface area contributed by atoms with Crippen LogP contribution in [0.2, 0.25) is 0 Å². The number of hydrogen-bond acceptors (Lipinski definition) is 2. The normalized spacial score (nSPS) is 43.0. The number of amides is 2. The molecule has 20 heavy (non-hydrogen) atoms. The minimum Gasteiger partial charge on any atom is -0.345 e. The fraction of sp³-hybridized carbons (Fsp3) is 0.875. The van der Waals surface area contributed by atoms with Gasteiger partial charge in [-0.3, -0.25) is 9.59 Å². The van der Waals surface area contributed by atoms with E-state index in [-0.39, 0.29) is 41.3 Å². The molecular formula is C16H26N2O2. The van der Waals surface area contributed by atoms with E-state index >= 15 is 0 Å². The standard InChI is InChI=1S/C16H26N2O2/c1-5-11-13(20)17-9-12(19)18(11)14-15(2,3)10-6-7-16(14,4)8-10/h10-11,14H,5-9H2,1-4H3,(H,17,20). The van der Waals surface area contributed by atoms with Crippen molar-refractivity contribution >= 4 is 11.8 Å². The Balaban J connectivity index is 2.01. The van der Waals surface area contributed by atoms with Crippen molar-refractivity contribution in [3.8, 4) is 0 Å². The highest BCUT2D eigenvalue weighted by atomic mass is 16.2. The van der Waals surface area contributed by atoms with E-state index in [0.717, 1.165) is 0 Å². The summed E-state index contributed by atoms with van der Waals surface area (Å²) in [4.78, 5) is 26.6. The summed E-state index contributed by atoms with van der Waals surface area (Å²) in [6.45, 7) is 9.07. The third-order valence-electron chi connectivity index (χ3n) is 6.20. The van der Waals surface area contributed by atoms with Crippen molar-refractivity contribution in [1.29, 1.82) is 0 Å². The predicted octanol–water partition coefficient (Wildman–Crippen LogP) is 1.94. The Hall–Kier alpha value is -1.06. The fourth-order valence-corrected chi connectivity index (χ4v) is 5.35. The monoisotopic (exact) mass is 278 g/mol. The largest absolute Gasteiger partial charge is 0.345 e. The van der Waals surface area contributed by atoms with Crippen molar-refractivity contribution < 1.29 is 9.59 Å². The first-order chi connectivity index (χ1) is 9.31. The molecule has 112 valence electrons. The van der Waals surface area contributed by atoms with E-state index in [1.54, 1.807) is 0 Å². The quantitative estimate of drug-likeness (QED) is 0.839. The summed E-state index contributed by atoms with van der Waals surface area (Å²) >= 11 is 0. The first kappa shape index (κ1) is 13.9. The summed E-state index contributed by atoms with van der Waals surface area (Å²) < 4.78 is 0. The van der Waals surface area contributed by atoms with Gasteiger partial charge < -0.3 is 10.2 Å². The maximum atomic E-state index is 12.5. The molecule has 0 aromatic rings. The Labute approximate surface area is 121 Å². The lowest BCUT2D eigenvalue weighted by Crippen LogP contribution is -2.66. The Morgan fingerprint density at radius 1 is 1.30 bits per heavy atom. The lowest BCUT2D eigenvalue weighted by Gasteiger charge is -2.52. The summed E-state index contributed by atoms with van der Waals surface area (Å²) in [5.74, 6) is 0.811. The summed E-state index contributed by atoms with van der Waals surface area (Å²) in [5, 5.41) is 2.74. The van der Waals surface area contributed by atoms with Crippen molar-refractivity contribution in [2.24, 2.45) is 16.7 Å². The van der Waals surface area contributed by atoms with Crippen molar-refractivity contribution in [2.45, 2.75) is 65.5 Å². The molecule has 3 aliphatic rings. The van der Waals surface area contributed by atoms with Gasteiger partial charge in [0.2, 0.25) is 11.8 Å². The molecule has 4 atom stereocenters. The molecule has 0 aromatic carbocycles. The van der Waals surface area contributed by atoms with Crippen LogP contribution in [0.5, 0.6) is 0 Å². The average Bonchev–Trinajstić information content (AvgIpc) is 2.85. The number of rotatable bonds is 2. The number of piperazine rings is 1. The SMILES string of the molecule is CCC1C(=O)NCC(=O)N1C1C2(C)CCC(C2)C1(C)C. The van der Waals surface area contributed by atoms with Gasteiger partial charge in [0.25, 0.3) is 0 Å². The van der Waals surface area contributed by atoms with Crippen LogP contribution >= 0.6 is 0 Å². The third kappa shape index (κ3) is 1.66. The van der Waals surface area contributed by atoms with Crippen LogP contribution in [0, 0.1) is 16.7 Å². The second-order valence-corrected chi connectivity index (χ2v) is 7.76. The van der Waals surface area contributed by atoms with Crippen LogP contribution < -0.4 is 5.32 Å². The predicted molar refractivity (Wildman–Crippen MR) is 77.0 cm³/mol. The zero-order valence-electron chi connectivity index (χ0n) is 13.0. The fourth-order valence-electron chi connectivity index (χ4n) is 5.35. The van der Waals surface area contributed by atoms with E-state index in [9.17, 15) is 9.59 Å². The summed E-state index contributed by atoms with van der Waals surface area (Å²) in [5.41, 5.74) is 0.308. The van der Waals surface area contributed by atoms with Gasteiger partial charge in [0.1, 0.15) is 6.04 Å². The second-order valence-electron chi connectivity index (χ2n) is 7.76. The van der Waals surface area contributed by atoms with Gasteiger partial charge in [-0.15, -0.1) is 0 Å². The molecule has 1 aliphatic heterocycles. The topological polar surface area (TPSA) is 49.4 Å². The first-order valence-electron chi connectivity index (χ1n) is 7.90. The second kappa shape index (κ2) is 4.22. The molecule has 1 heterocycles. The van der Waals surface area contributed by atoms with Crippen molar-refractivity contribution in [3.05, 3.63) is 0 Å². The van der Waals surface area contributed by atoms with Gasteiger partial charge in [0, 0.05) is 6.04 Å². The maximum absolute atomic E-state index is 12.5. The van der Waals surface area contributed by atoms with Gasteiger partial charge in [-0.25, -0.2) is 0 Å². The Morgan fingerprint density at radius 2 is 2.00 bits per heavy atom. The van der Waals surface area contributed by atoms with Crippen LogP contribution in [0.3, 0.4) is 0 Å². The number of fused-ring (bicyclic) bond motifs is 2. The van der Waals surface area contributed by atoms with Gasteiger partial charge in [0.15, 0.2) is 0 Å². The van der Waals surface area contributed by atoms with E-state index in [2.05, 4.69) is 26.1 Å². The van der Waals surface area contributed by atoms with E-state index in [4.69, 9.17) is 0 Å². The maximum Gasteiger partial charge on any atom is 0.243 e. The first-order valence-corrected chi connectivity index (χ1v) is 7.90. The molecule has 4 heteroatoms. The number of carbonyl (C=O) groups excluding carboxylic acids is 2. The molecule has 2 amide bonds. The van der Waals surface area contributed by atoms with E-state index in [0.29, 0.717) is 12.3 Å².